The van der Waals surface area contributed by atoms with Crippen molar-refractivity contribution in [3.05, 3.63) is 48.0 Å². The predicted molar refractivity (Wildman–Crippen MR) is 114 cm³/mol. The monoisotopic (exact) mass is 455 g/mol. The summed E-state index contributed by atoms with van der Waals surface area (Å²) in [6.07, 6.45) is 1.77. The molecule has 9 nitrogen and oxygen atoms in total. The van der Waals surface area contributed by atoms with Crippen molar-refractivity contribution in [2.24, 2.45) is 5.14 Å². The van der Waals surface area contributed by atoms with E-state index in [1.807, 2.05) is 6.92 Å². The Morgan fingerprint density at radius 2 is 1.60 bits per heavy atom. The van der Waals surface area contributed by atoms with E-state index in [0.717, 1.165) is 18.9 Å². The number of benzene rings is 2. The van der Waals surface area contributed by atoms with E-state index in [-0.39, 0.29) is 27.6 Å². The van der Waals surface area contributed by atoms with Gasteiger partial charge in [0.2, 0.25) is 10.0 Å². The van der Waals surface area contributed by atoms with Gasteiger partial charge in [-0.1, -0.05) is 13.3 Å². The lowest BCUT2D eigenvalue weighted by atomic mass is 10.2. The van der Waals surface area contributed by atoms with E-state index in [2.05, 4.69) is 10.0 Å². The standard InChI is InChI=1S/C19H25N3O6S2/c1-3-5-12-21-17-11-10-16(29(20,24)25)13-18(17)22-30(26,27)15-8-6-14(7-9-15)19(23)28-4-2/h6-11,13,21-22H,3-5,12H2,1-2H3,(H2,20,24,25). The van der Waals surface area contributed by atoms with Crippen LogP contribution in [-0.4, -0.2) is 36.0 Å². The predicted octanol–water partition coefficient (Wildman–Crippen LogP) is 2.52. The van der Waals surface area contributed by atoms with Crippen LogP contribution in [-0.2, 0) is 24.8 Å². The first-order chi connectivity index (χ1) is 14.1. The molecule has 0 aliphatic heterocycles. The molecule has 0 heterocycles. The van der Waals surface area contributed by atoms with Gasteiger partial charge in [-0.05, 0) is 55.8 Å². The second-order valence-electron chi connectivity index (χ2n) is 6.38. The number of nitrogens with one attached hydrogen (secondary N) is 2. The highest BCUT2D eigenvalue weighted by Gasteiger charge is 2.19. The van der Waals surface area contributed by atoms with Gasteiger partial charge < -0.3 is 10.1 Å². The number of carbonyl (C=O) groups is 1. The Labute approximate surface area is 176 Å². The number of nitrogens with two attached hydrogens (primary N) is 1. The molecular weight excluding hydrogens is 430 g/mol. The molecule has 4 N–H and O–H groups in total. The maximum atomic E-state index is 12.8. The van der Waals surface area contributed by atoms with E-state index < -0.39 is 26.0 Å². The normalized spacial score (nSPS) is 11.7. The number of hydrogen-bond acceptors (Lipinski definition) is 7. The summed E-state index contributed by atoms with van der Waals surface area (Å²) in [5, 5.41) is 8.25. The Bertz CT molecular complexity index is 1100. The van der Waals surface area contributed by atoms with Gasteiger partial charge >= 0.3 is 5.97 Å². The molecule has 0 unspecified atom stereocenters. The van der Waals surface area contributed by atoms with Gasteiger partial charge in [-0.2, -0.15) is 0 Å². The van der Waals surface area contributed by atoms with Crippen molar-refractivity contribution in [2.75, 3.05) is 23.2 Å². The average molecular weight is 456 g/mol. The van der Waals surface area contributed by atoms with E-state index in [4.69, 9.17) is 9.88 Å². The highest BCUT2D eigenvalue weighted by molar-refractivity contribution is 7.92. The Morgan fingerprint density at radius 1 is 0.967 bits per heavy atom. The molecule has 0 radical (unpaired) electrons. The number of anilines is 2. The zero-order chi connectivity index (χ0) is 22.4. The van der Waals surface area contributed by atoms with Crippen molar-refractivity contribution >= 4 is 37.4 Å². The van der Waals surface area contributed by atoms with Gasteiger partial charge in [0, 0.05) is 6.54 Å². The second-order valence-corrected chi connectivity index (χ2v) is 9.63. The first kappa shape index (κ1) is 23.6. The molecule has 0 atom stereocenters. The Hall–Kier alpha value is -2.63. The summed E-state index contributed by atoms with van der Waals surface area (Å²) in [6.45, 7) is 4.46. The summed E-state index contributed by atoms with van der Waals surface area (Å²) < 4.78 is 56.3. The summed E-state index contributed by atoms with van der Waals surface area (Å²) in [4.78, 5) is 11.4. The Kier molecular flexibility index (Phi) is 7.82. The Balaban J connectivity index is 2.36. The fourth-order valence-corrected chi connectivity index (χ4v) is 4.14. The topological polar surface area (TPSA) is 145 Å². The van der Waals surface area contributed by atoms with E-state index in [1.54, 1.807) is 6.92 Å². The van der Waals surface area contributed by atoms with Crippen LogP contribution in [0.1, 0.15) is 37.0 Å². The van der Waals surface area contributed by atoms with Gasteiger partial charge in [0.15, 0.2) is 0 Å². The SMILES string of the molecule is CCCCNc1ccc(S(N)(=O)=O)cc1NS(=O)(=O)c1ccc(C(=O)OCC)cc1. The molecule has 0 amide bonds. The van der Waals surface area contributed by atoms with Crippen molar-refractivity contribution in [1.29, 1.82) is 0 Å². The molecule has 0 aromatic heterocycles. The third kappa shape index (κ3) is 6.18. The van der Waals surface area contributed by atoms with E-state index in [9.17, 15) is 21.6 Å². The fourth-order valence-electron chi connectivity index (χ4n) is 2.53. The quantitative estimate of drug-likeness (QED) is 0.369. The van der Waals surface area contributed by atoms with Crippen molar-refractivity contribution in [3.63, 3.8) is 0 Å². The lowest BCUT2D eigenvalue weighted by molar-refractivity contribution is 0.0526. The van der Waals surface area contributed by atoms with Gasteiger partial charge in [0.1, 0.15) is 0 Å². The van der Waals surface area contributed by atoms with Gasteiger partial charge in [-0.3, -0.25) is 4.72 Å². The van der Waals surface area contributed by atoms with Gasteiger partial charge in [0.05, 0.1) is 33.3 Å². The van der Waals surface area contributed by atoms with Crippen molar-refractivity contribution in [3.8, 4) is 0 Å². The molecule has 0 aliphatic carbocycles. The van der Waals surface area contributed by atoms with Crippen LogP contribution in [0.3, 0.4) is 0 Å². The van der Waals surface area contributed by atoms with Crippen molar-refractivity contribution in [1.82, 2.24) is 0 Å². The van der Waals surface area contributed by atoms with Crippen LogP contribution in [0, 0.1) is 0 Å². The number of sulfonamides is 2. The molecular formula is C19H25N3O6S2. The maximum absolute atomic E-state index is 12.8. The number of unbranched alkanes of at least 4 members (excludes halogenated alkanes) is 1. The zero-order valence-electron chi connectivity index (χ0n) is 16.7. The average Bonchev–Trinajstić information content (AvgIpc) is 2.68. The number of primary sulfonamides is 1. The number of hydrogen-bond donors (Lipinski definition) is 3. The van der Waals surface area contributed by atoms with Crippen LogP contribution in [0.5, 0.6) is 0 Å². The third-order valence-corrected chi connectivity index (χ3v) is 6.38. The van der Waals surface area contributed by atoms with Crippen LogP contribution in [0.4, 0.5) is 11.4 Å². The fraction of sp³-hybridized carbons (Fsp3) is 0.316. The molecule has 2 aromatic rings. The van der Waals surface area contributed by atoms with Crippen LogP contribution in [0.15, 0.2) is 52.3 Å². The van der Waals surface area contributed by atoms with Crippen LogP contribution >= 0.6 is 0 Å². The molecule has 0 spiro atoms. The molecule has 2 rings (SSSR count). The second kappa shape index (κ2) is 9.92. The largest absolute Gasteiger partial charge is 0.462 e. The first-order valence-corrected chi connectivity index (χ1v) is 12.3. The van der Waals surface area contributed by atoms with E-state index in [0.29, 0.717) is 12.2 Å². The van der Waals surface area contributed by atoms with Gasteiger partial charge in [-0.25, -0.2) is 26.8 Å². The first-order valence-electron chi connectivity index (χ1n) is 9.29. The van der Waals surface area contributed by atoms with Gasteiger partial charge in [-0.15, -0.1) is 0 Å². The molecule has 0 saturated carbocycles. The number of rotatable bonds is 10. The van der Waals surface area contributed by atoms with Crippen molar-refractivity contribution in [2.45, 2.75) is 36.5 Å². The zero-order valence-corrected chi connectivity index (χ0v) is 18.3. The molecule has 0 saturated heterocycles. The summed E-state index contributed by atoms with van der Waals surface area (Å²) >= 11 is 0. The van der Waals surface area contributed by atoms with Crippen LogP contribution < -0.4 is 15.2 Å². The highest BCUT2D eigenvalue weighted by atomic mass is 32.2. The van der Waals surface area contributed by atoms with Crippen LogP contribution in [0.25, 0.3) is 0 Å². The maximum Gasteiger partial charge on any atom is 0.338 e. The Morgan fingerprint density at radius 3 is 2.17 bits per heavy atom. The third-order valence-electron chi connectivity index (χ3n) is 4.09. The van der Waals surface area contributed by atoms with Crippen LogP contribution in [0.2, 0.25) is 0 Å². The smallest absolute Gasteiger partial charge is 0.338 e. The molecule has 0 aliphatic rings. The molecule has 2 aromatic carbocycles. The molecule has 30 heavy (non-hydrogen) atoms. The summed E-state index contributed by atoms with van der Waals surface area (Å²) in [5.41, 5.74) is 0.684. The lowest BCUT2D eigenvalue weighted by Gasteiger charge is -2.15. The lowest BCUT2D eigenvalue weighted by Crippen LogP contribution is -2.17. The summed E-state index contributed by atoms with van der Waals surface area (Å²) in [5.74, 6) is -0.558. The minimum absolute atomic E-state index is 0.0482. The minimum Gasteiger partial charge on any atom is -0.462 e. The summed E-state index contributed by atoms with van der Waals surface area (Å²) in [6, 6.07) is 9.13. The van der Waals surface area contributed by atoms with Gasteiger partial charge in [0.25, 0.3) is 10.0 Å². The highest BCUT2D eigenvalue weighted by Crippen LogP contribution is 2.28. The van der Waals surface area contributed by atoms with E-state index in [1.165, 1.54) is 36.4 Å². The van der Waals surface area contributed by atoms with E-state index >= 15 is 0 Å². The molecule has 164 valence electrons. The molecule has 0 bridgehead atoms. The molecule has 0 fully saturated rings. The number of carbonyl (C=O) groups excluding carboxylic acids is 1. The van der Waals surface area contributed by atoms with Crippen molar-refractivity contribution < 1.29 is 26.4 Å². The number of ether oxygens (including phenoxy) is 1. The summed E-state index contributed by atoms with van der Waals surface area (Å²) in [7, 11) is -8.08. The molecule has 11 heteroatoms. The number of esters is 1. The minimum atomic E-state index is -4.06.